The highest BCUT2D eigenvalue weighted by Gasteiger charge is 2.21. The van der Waals surface area contributed by atoms with Gasteiger partial charge in [0.2, 0.25) is 11.0 Å². The van der Waals surface area contributed by atoms with Crippen molar-refractivity contribution >= 4 is 46.2 Å². The monoisotopic (exact) mass is 437 g/mol. The number of nitrogens with zero attached hydrogens (tertiary/aromatic N) is 2. The van der Waals surface area contributed by atoms with Crippen molar-refractivity contribution < 1.29 is 23.8 Å². The van der Waals surface area contributed by atoms with Crippen LogP contribution in [0.2, 0.25) is 0 Å². The summed E-state index contributed by atoms with van der Waals surface area (Å²) in [6.45, 7) is 4.00. The molecule has 1 atom stereocenters. The summed E-state index contributed by atoms with van der Waals surface area (Å²) in [4.78, 5) is 24.0. The zero-order chi connectivity index (χ0) is 21.2. The number of amides is 1. The van der Waals surface area contributed by atoms with Crippen LogP contribution >= 0.6 is 23.1 Å². The van der Waals surface area contributed by atoms with Gasteiger partial charge in [0.1, 0.15) is 5.25 Å². The Bertz CT molecular complexity index is 869. The molecule has 8 nitrogen and oxygen atoms in total. The van der Waals surface area contributed by atoms with Crippen molar-refractivity contribution in [2.45, 2.75) is 29.9 Å². The van der Waals surface area contributed by atoms with Crippen molar-refractivity contribution in [3.63, 3.8) is 0 Å². The second kappa shape index (κ2) is 11.4. The van der Waals surface area contributed by atoms with Gasteiger partial charge in [0.25, 0.3) is 0 Å². The van der Waals surface area contributed by atoms with Gasteiger partial charge in [-0.25, -0.2) is 0 Å². The number of esters is 1. The standard InChI is InChI=1S/C19H23N3O5S2/c1-5-15(17(24)27-6-2)28-19-22-21-18(29-19)20-16(23)10-8-12-7-9-13(25-3)14(11-12)26-4/h7-11,15H,5-6H2,1-4H3,(H,20,21,23)/b10-8+. The quantitative estimate of drug-likeness (QED) is 0.260. The Kier molecular flexibility index (Phi) is 8.94. The molecule has 0 aliphatic heterocycles. The van der Waals surface area contributed by atoms with Crippen LogP contribution in [0.25, 0.3) is 6.08 Å². The van der Waals surface area contributed by atoms with Crippen molar-refractivity contribution in [2.24, 2.45) is 0 Å². The molecule has 1 unspecified atom stereocenters. The maximum absolute atomic E-state index is 12.1. The predicted octanol–water partition coefficient (Wildman–Crippen LogP) is 3.64. The van der Waals surface area contributed by atoms with E-state index in [4.69, 9.17) is 14.2 Å². The molecule has 0 radical (unpaired) electrons. The third-order valence-corrected chi connectivity index (χ3v) is 5.90. The first kappa shape index (κ1) is 22.7. The van der Waals surface area contributed by atoms with Gasteiger partial charge in [-0.2, -0.15) is 0 Å². The van der Waals surface area contributed by atoms with Gasteiger partial charge in [0.05, 0.1) is 20.8 Å². The zero-order valence-corrected chi connectivity index (χ0v) is 18.3. The molecule has 1 heterocycles. The third-order valence-electron chi connectivity index (χ3n) is 3.63. The molecular formula is C19H23N3O5S2. The molecule has 0 bridgehead atoms. The van der Waals surface area contributed by atoms with Crippen molar-refractivity contribution in [1.82, 2.24) is 10.2 Å². The van der Waals surface area contributed by atoms with Crippen LogP contribution in [0.3, 0.4) is 0 Å². The van der Waals surface area contributed by atoms with E-state index in [1.54, 1.807) is 39.4 Å². The molecule has 29 heavy (non-hydrogen) atoms. The minimum Gasteiger partial charge on any atom is -0.493 e. The summed E-state index contributed by atoms with van der Waals surface area (Å²) in [5, 5.41) is 10.6. The topological polar surface area (TPSA) is 99.6 Å². The normalized spacial score (nSPS) is 11.9. The lowest BCUT2D eigenvalue weighted by Gasteiger charge is -2.10. The molecular weight excluding hydrogens is 414 g/mol. The van der Waals surface area contributed by atoms with Gasteiger partial charge in [-0.05, 0) is 37.1 Å². The number of hydrogen-bond acceptors (Lipinski definition) is 9. The number of benzene rings is 1. The molecule has 2 aromatic rings. The highest BCUT2D eigenvalue weighted by Crippen LogP contribution is 2.31. The minimum atomic E-state index is -0.351. The van der Waals surface area contributed by atoms with E-state index in [1.807, 2.05) is 13.0 Å². The highest BCUT2D eigenvalue weighted by molar-refractivity contribution is 8.02. The molecule has 10 heteroatoms. The number of rotatable bonds is 10. The number of nitrogens with one attached hydrogen (secondary N) is 1. The average molecular weight is 438 g/mol. The summed E-state index contributed by atoms with van der Waals surface area (Å²) in [5.41, 5.74) is 0.784. The van der Waals surface area contributed by atoms with Crippen molar-refractivity contribution in [1.29, 1.82) is 0 Å². The molecule has 1 amide bonds. The second-order valence-corrected chi connectivity index (χ2v) is 8.00. The Morgan fingerprint density at radius 3 is 2.62 bits per heavy atom. The Hall–Kier alpha value is -2.59. The SMILES string of the molecule is CCOC(=O)C(CC)Sc1nnc(NC(=O)/C=C/c2ccc(OC)c(OC)c2)s1. The lowest BCUT2D eigenvalue weighted by Crippen LogP contribution is -2.19. The molecule has 0 spiro atoms. The van der Waals surface area contributed by atoms with Crippen LogP contribution < -0.4 is 14.8 Å². The molecule has 1 aromatic heterocycles. The van der Waals surface area contributed by atoms with E-state index < -0.39 is 0 Å². The van der Waals surface area contributed by atoms with Gasteiger partial charge in [-0.3, -0.25) is 14.9 Å². The first-order chi connectivity index (χ1) is 14.0. The van der Waals surface area contributed by atoms with Gasteiger partial charge >= 0.3 is 5.97 Å². The summed E-state index contributed by atoms with van der Waals surface area (Å²) < 4.78 is 16.1. The van der Waals surface area contributed by atoms with Gasteiger partial charge < -0.3 is 14.2 Å². The molecule has 2 rings (SSSR count). The largest absolute Gasteiger partial charge is 0.493 e. The molecule has 0 aliphatic carbocycles. The number of methoxy groups -OCH3 is 2. The van der Waals surface area contributed by atoms with E-state index in [0.29, 0.717) is 34.0 Å². The van der Waals surface area contributed by atoms with Crippen LogP contribution in [-0.4, -0.2) is 48.2 Å². The average Bonchev–Trinajstić information content (AvgIpc) is 3.17. The molecule has 0 saturated heterocycles. The Morgan fingerprint density at radius 2 is 1.97 bits per heavy atom. The summed E-state index contributed by atoms with van der Waals surface area (Å²) in [5.74, 6) is 0.567. The van der Waals surface area contributed by atoms with Crippen molar-refractivity contribution in [3.8, 4) is 11.5 Å². The van der Waals surface area contributed by atoms with Crippen LogP contribution in [0.5, 0.6) is 11.5 Å². The van der Waals surface area contributed by atoms with E-state index in [1.165, 1.54) is 29.2 Å². The Balaban J connectivity index is 1.96. The molecule has 156 valence electrons. The molecule has 1 aromatic carbocycles. The van der Waals surface area contributed by atoms with Gasteiger partial charge in [0.15, 0.2) is 15.8 Å². The summed E-state index contributed by atoms with van der Waals surface area (Å²) in [6, 6.07) is 5.34. The Labute approximate surface area is 177 Å². The van der Waals surface area contributed by atoms with Crippen LogP contribution in [0.1, 0.15) is 25.8 Å². The number of hydrogen-bond donors (Lipinski definition) is 1. The predicted molar refractivity (Wildman–Crippen MR) is 114 cm³/mol. The van der Waals surface area contributed by atoms with Crippen LogP contribution in [0, 0.1) is 0 Å². The van der Waals surface area contributed by atoms with Crippen molar-refractivity contribution in [2.75, 3.05) is 26.1 Å². The fourth-order valence-electron chi connectivity index (χ4n) is 2.24. The summed E-state index contributed by atoms with van der Waals surface area (Å²) >= 11 is 2.48. The number of carbonyl (C=O) groups is 2. The molecule has 1 N–H and O–H groups in total. The second-order valence-electron chi connectivity index (χ2n) is 5.58. The fraction of sp³-hybridized carbons (Fsp3) is 0.368. The third kappa shape index (κ3) is 6.75. The van der Waals surface area contributed by atoms with Crippen LogP contribution in [0.15, 0.2) is 28.6 Å². The maximum atomic E-state index is 12.1. The molecule has 0 aliphatic rings. The van der Waals surface area contributed by atoms with Gasteiger partial charge in [0, 0.05) is 6.08 Å². The molecule has 0 saturated carbocycles. The minimum absolute atomic E-state index is 0.279. The van der Waals surface area contributed by atoms with Gasteiger partial charge in [-0.15, -0.1) is 10.2 Å². The lowest BCUT2D eigenvalue weighted by atomic mass is 10.2. The van der Waals surface area contributed by atoms with E-state index in [0.717, 1.165) is 5.56 Å². The number of ether oxygens (including phenoxy) is 3. The number of carbonyl (C=O) groups excluding carboxylic acids is 2. The zero-order valence-electron chi connectivity index (χ0n) is 16.6. The number of thioether (sulfide) groups is 1. The summed E-state index contributed by atoms with van der Waals surface area (Å²) in [6.07, 6.45) is 3.66. The first-order valence-electron chi connectivity index (χ1n) is 8.88. The first-order valence-corrected chi connectivity index (χ1v) is 10.6. The van der Waals surface area contributed by atoms with E-state index in [9.17, 15) is 9.59 Å². The van der Waals surface area contributed by atoms with E-state index in [-0.39, 0.29) is 17.1 Å². The lowest BCUT2D eigenvalue weighted by molar-refractivity contribution is -0.142. The van der Waals surface area contributed by atoms with Crippen LogP contribution in [-0.2, 0) is 14.3 Å². The Morgan fingerprint density at radius 1 is 1.21 bits per heavy atom. The fourth-order valence-corrected chi connectivity index (χ4v) is 4.16. The van der Waals surface area contributed by atoms with E-state index in [2.05, 4.69) is 15.5 Å². The maximum Gasteiger partial charge on any atom is 0.319 e. The molecule has 0 fully saturated rings. The van der Waals surface area contributed by atoms with E-state index >= 15 is 0 Å². The number of aromatic nitrogens is 2. The van der Waals surface area contributed by atoms with Crippen LogP contribution in [0.4, 0.5) is 5.13 Å². The van der Waals surface area contributed by atoms with Gasteiger partial charge in [-0.1, -0.05) is 36.1 Å². The highest BCUT2D eigenvalue weighted by atomic mass is 32.2. The number of anilines is 1. The van der Waals surface area contributed by atoms with Crippen molar-refractivity contribution in [3.05, 3.63) is 29.8 Å². The summed E-state index contributed by atoms with van der Waals surface area (Å²) in [7, 11) is 3.11. The smallest absolute Gasteiger partial charge is 0.319 e.